The van der Waals surface area contributed by atoms with Gasteiger partial charge < -0.3 is 21.3 Å². The Kier molecular flexibility index (Phi) is 12.5. The van der Waals surface area contributed by atoms with E-state index in [1.807, 2.05) is 44.2 Å². The zero-order chi connectivity index (χ0) is 33.5. The van der Waals surface area contributed by atoms with Crippen molar-refractivity contribution in [3.63, 3.8) is 0 Å². The van der Waals surface area contributed by atoms with Gasteiger partial charge in [-0.2, -0.15) is 4.31 Å². The summed E-state index contributed by atoms with van der Waals surface area (Å²) in [5, 5.41) is 27.3. The van der Waals surface area contributed by atoms with Crippen LogP contribution in [-0.2, 0) is 27.8 Å². The van der Waals surface area contributed by atoms with Crippen molar-refractivity contribution in [2.24, 2.45) is 5.92 Å². The van der Waals surface area contributed by atoms with Crippen molar-refractivity contribution < 1.29 is 28.2 Å². The predicted octanol–water partition coefficient (Wildman–Crippen LogP) is 4.54. The SMILES string of the molecule is CC(C)c1nc(CN(C(=O)O)C(C(=O)NC(Cc2ccccc2)C(O)CN(C(C)C)S(=O)(=O)c2ccc(N)cc2)C(C)C)cs1. The number of nitrogens with one attached hydrogen (secondary N) is 1. The molecule has 3 unspecified atom stereocenters. The number of sulfonamides is 1. The number of nitrogens with zero attached hydrogens (tertiary/aromatic N) is 3. The summed E-state index contributed by atoms with van der Waals surface area (Å²) in [5.74, 6) is -0.832. The van der Waals surface area contributed by atoms with E-state index in [9.17, 15) is 28.2 Å². The molecule has 3 atom stereocenters. The number of aliphatic hydroxyl groups is 1. The highest BCUT2D eigenvalue weighted by Crippen LogP contribution is 2.24. The van der Waals surface area contributed by atoms with Crippen LogP contribution >= 0.6 is 11.3 Å². The van der Waals surface area contributed by atoms with Gasteiger partial charge in [-0.3, -0.25) is 9.69 Å². The molecule has 0 aliphatic carbocycles. The molecule has 0 fully saturated rings. The highest BCUT2D eigenvalue weighted by molar-refractivity contribution is 7.89. The van der Waals surface area contributed by atoms with Crippen LogP contribution in [0.25, 0.3) is 0 Å². The molecule has 2 aromatic carbocycles. The van der Waals surface area contributed by atoms with Gasteiger partial charge in [-0.15, -0.1) is 11.3 Å². The molecule has 1 heterocycles. The second-order valence-corrected chi connectivity index (χ2v) is 14.8. The molecule has 13 heteroatoms. The number of amides is 2. The van der Waals surface area contributed by atoms with E-state index in [0.717, 1.165) is 15.5 Å². The maximum Gasteiger partial charge on any atom is 0.408 e. The minimum Gasteiger partial charge on any atom is -0.465 e. The number of hydrogen-bond acceptors (Lipinski definition) is 8. The van der Waals surface area contributed by atoms with E-state index in [1.165, 1.54) is 39.9 Å². The van der Waals surface area contributed by atoms with Crippen molar-refractivity contribution in [1.29, 1.82) is 0 Å². The number of rotatable bonds is 15. The van der Waals surface area contributed by atoms with Crippen LogP contribution in [0.4, 0.5) is 10.5 Å². The van der Waals surface area contributed by atoms with Gasteiger partial charge in [0, 0.05) is 29.6 Å². The smallest absolute Gasteiger partial charge is 0.408 e. The normalized spacial score (nSPS) is 14.1. The zero-order valence-electron chi connectivity index (χ0n) is 26.6. The fourth-order valence-corrected chi connectivity index (χ4v) is 7.50. The number of carboxylic acid groups (broad SMARTS) is 1. The van der Waals surface area contributed by atoms with Gasteiger partial charge in [0.05, 0.1) is 34.3 Å². The van der Waals surface area contributed by atoms with Gasteiger partial charge in [-0.05, 0) is 56.0 Å². The molecule has 246 valence electrons. The van der Waals surface area contributed by atoms with Crippen LogP contribution in [0.2, 0.25) is 0 Å². The van der Waals surface area contributed by atoms with E-state index in [4.69, 9.17) is 5.73 Å². The number of thiazole rings is 1. The van der Waals surface area contributed by atoms with Crippen LogP contribution in [-0.4, -0.2) is 75.6 Å². The van der Waals surface area contributed by atoms with Crippen LogP contribution in [0.5, 0.6) is 0 Å². The standard InChI is InChI=1S/C32H45N5O6S2/c1-20(2)29(36(32(40)41)17-25-19-44-31(34-25)21(3)4)30(39)35-27(16-23-10-8-7-9-11-23)28(38)18-37(22(5)6)45(42,43)26-14-12-24(33)13-15-26/h7-15,19-22,27-29,38H,16-18,33H2,1-6H3,(H,35,39)(H,40,41). The first-order chi connectivity index (χ1) is 21.1. The second kappa shape index (κ2) is 15.7. The lowest BCUT2D eigenvalue weighted by molar-refractivity contribution is -0.129. The quantitative estimate of drug-likeness (QED) is 0.173. The van der Waals surface area contributed by atoms with Gasteiger partial charge in [-0.25, -0.2) is 18.2 Å². The molecule has 0 spiro atoms. The molecular weight excluding hydrogens is 615 g/mol. The number of anilines is 1. The molecule has 0 aliphatic heterocycles. The third kappa shape index (κ3) is 9.49. The minimum absolute atomic E-state index is 0.0286. The Balaban J connectivity index is 1.92. The number of carbonyl (C=O) groups is 2. The van der Waals surface area contributed by atoms with Crippen LogP contribution in [0.15, 0.2) is 64.9 Å². The molecule has 0 bridgehead atoms. The average molecular weight is 660 g/mol. The van der Waals surface area contributed by atoms with Gasteiger partial charge in [0.1, 0.15) is 6.04 Å². The Hall–Kier alpha value is -3.52. The Morgan fingerprint density at radius 2 is 1.62 bits per heavy atom. The van der Waals surface area contributed by atoms with Crippen LogP contribution < -0.4 is 11.1 Å². The van der Waals surface area contributed by atoms with Gasteiger partial charge in [0.15, 0.2) is 0 Å². The topological polar surface area (TPSA) is 166 Å². The number of aliphatic hydroxyl groups excluding tert-OH is 1. The summed E-state index contributed by atoms with van der Waals surface area (Å²) >= 11 is 1.44. The number of benzene rings is 2. The summed E-state index contributed by atoms with van der Waals surface area (Å²) in [6.07, 6.45) is -2.43. The molecular formula is C32H45N5O6S2. The Bertz CT molecular complexity index is 1510. The Morgan fingerprint density at radius 3 is 2.13 bits per heavy atom. The monoisotopic (exact) mass is 659 g/mol. The van der Waals surface area contributed by atoms with Gasteiger partial charge >= 0.3 is 6.09 Å². The molecule has 5 N–H and O–H groups in total. The van der Waals surface area contributed by atoms with Gasteiger partial charge in [0.25, 0.3) is 0 Å². The number of carbonyl (C=O) groups excluding carboxylic acids is 1. The lowest BCUT2D eigenvalue weighted by Crippen LogP contribution is -2.57. The maximum absolute atomic E-state index is 13.9. The molecule has 0 saturated carbocycles. The zero-order valence-corrected chi connectivity index (χ0v) is 28.3. The highest BCUT2D eigenvalue weighted by Gasteiger charge is 2.37. The van der Waals surface area contributed by atoms with Crippen LogP contribution in [0.1, 0.15) is 63.7 Å². The first kappa shape index (κ1) is 36.0. The number of hydrogen-bond donors (Lipinski definition) is 4. The molecule has 3 aromatic rings. The van der Waals surface area contributed by atoms with E-state index in [1.54, 1.807) is 33.1 Å². The first-order valence-electron chi connectivity index (χ1n) is 14.9. The largest absolute Gasteiger partial charge is 0.465 e. The molecule has 2 amide bonds. The number of nitrogens with two attached hydrogens (primary N) is 1. The van der Waals surface area contributed by atoms with E-state index in [-0.39, 0.29) is 30.3 Å². The Labute approximate surface area is 270 Å². The van der Waals surface area contributed by atoms with Crippen LogP contribution in [0, 0.1) is 5.92 Å². The van der Waals surface area contributed by atoms with E-state index < -0.39 is 52.2 Å². The van der Waals surface area contributed by atoms with Crippen molar-refractivity contribution in [3.05, 3.63) is 76.2 Å². The average Bonchev–Trinajstić information content (AvgIpc) is 3.44. The first-order valence-corrected chi connectivity index (χ1v) is 17.3. The van der Waals surface area contributed by atoms with Crippen LogP contribution in [0.3, 0.4) is 0 Å². The molecule has 0 aliphatic rings. The number of aromatic nitrogens is 1. The summed E-state index contributed by atoms with van der Waals surface area (Å²) in [7, 11) is -4.03. The summed E-state index contributed by atoms with van der Waals surface area (Å²) < 4.78 is 28.4. The minimum atomic E-state index is -4.03. The van der Waals surface area contributed by atoms with E-state index in [0.29, 0.717) is 11.4 Å². The fourth-order valence-electron chi connectivity index (χ4n) is 5.02. The third-order valence-corrected chi connectivity index (χ3v) is 10.6. The maximum atomic E-state index is 13.9. The molecule has 3 rings (SSSR count). The summed E-state index contributed by atoms with van der Waals surface area (Å²) in [6.45, 7) is 10.5. The van der Waals surface area contributed by atoms with Gasteiger partial charge in [0.2, 0.25) is 15.9 Å². The van der Waals surface area contributed by atoms with Crippen molar-refractivity contribution in [1.82, 2.24) is 19.5 Å². The van der Waals surface area contributed by atoms with Crippen molar-refractivity contribution in [2.45, 2.75) is 89.6 Å². The molecule has 45 heavy (non-hydrogen) atoms. The summed E-state index contributed by atoms with van der Waals surface area (Å²) in [4.78, 5) is 32.1. The summed E-state index contributed by atoms with van der Waals surface area (Å²) in [6, 6.07) is 12.4. The van der Waals surface area contributed by atoms with Crippen molar-refractivity contribution >= 4 is 39.0 Å². The van der Waals surface area contributed by atoms with E-state index >= 15 is 0 Å². The van der Waals surface area contributed by atoms with Crippen molar-refractivity contribution in [2.75, 3.05) is 12.3 Å². The highest BCUT2D eigenvalue weighted by atomic mass is 32.2. The molecule has 1 aromatic heterocycles. The summed E-state index contributed by atoms with van der Waals surface area (Å²) in [5.41, 5.74) is 7.53. The molecule has 0 saturated heterocycles. The lowest BCUT2D eigenvalue weighted by Gasteiger charge is -2.35. The molecule has 0 radical (unpaired) electrons. The third-order valence-electron chi connectivity index (χ3n) is 7.40. The van der Waals surface area contributed by atoms with Gasteiger partial charge in [-0.1, -0.05) is 58.0 Å². The Morgan fingerprint density at radius 1 is 1.00 bits per heavy atom. The molecule has 11 nitrogen and oxygen atoms in total. The second-order valence-electron chi connectivity index (χ2n) is 12.0. The predicted molar refractivity (Wildman–Crippen MR) is 176 cm³/mol. The van der Waals surface area contributed by atoms with Crippen molar-refractivity contribution in [3.8, 4) is 0 Å². The van der Waals surface area contributed by atoms with E-state index in [2.05, 4.69) is 10.3 Å². The lowest BCUT2D eigenvalue weighted by atomic mass is 9.97. The fraction of sp³-hybridized carbons (Fsp3) is 0.469. The number of nitrogen functional groups attached to an aromatic ring is 1.